The summed E-state index contributed by atoms with van der Waals surface area (Å²) < 4.78 is 0. The van der Waals surface area contributed by atoms with Crippen LogP contribution in [0.2, 0.25) is 0 Å². The lowest BCUT2D eigenvalue weighted by Gasteiger charge is -2.29. The lowest BCUT2D eigenvalue weighted by atomic mass is 9.78. The molecule has 1 aromatic carbocycles. The zero-order valence-electron chi connectivity index (χ0n) is 9.64. The van der Waals surface area contributed by atoms with Gasteiger partial charge in [0.15, 0.2) is 0 Å². The van der Waals surface area contributed by atoms with E-state index in [1.807, 2.05) is 37.3 Å². The standard InChI is InChI=1S/C14H15ClO2/c1-9-5-7-10(8-6-9)11-3-2-4-12(15)13(11)14(16)17/h2,4-8,11-13H,3H2,1H3,(H,16,17). The number of carbonyl (C=O) groups is 1. The van der Waals surface area contributed by atoms with Crippen molar-refractivity contribution in [2.24, 2.45) is 5.92 Å². The van der Waals surface area contributed by atoms with Gasteiger partial charge in [-0.25, -0.2) is 0 Å². The molecule has 17 heavy (non-hydrogen) atoms. The van der Waals surface area contributed by atoms with Crippen molar-refractivity contribution in [2.45, 2.75) is 24.6 Å². The molecule has 0 spiro atoms. The van der Waals surface area contributed by atoms with Crippen molar-refractivity contribution >= 4 is 17.6 Å². The van der Waals surface area contributed by atoms with Crippen molar-refractivity contribution in [1.29, 1.82) is 0 Å². The first-order valence-electron chi connectivity index (χ1n) is 5.69. The van der Waals surface area contributed by atoms with Gasteiger partial charge in [0, 0.05) is 5.92 Å². The number of halogens is 1. The van der Waals surface area contributed by atoms with E-state index in [1.165, 1.54) is 5.56 Å². The second-order valence-corrected chi connectivity index (χ2v) is 4.99. The molecule has 0 aromatic heterocycles. The Labute approximate surface area is 106 Å². The summed E-state index contributed by atoms with van der Waals surface area (Å²) in [6.07, 6.45) is 4.50. The Bertz CT molecular complexity index is 436. The fourth-order valence-electron chi connectivity index (χ4n) is 2.31. The van der Waals surface area contributed by atoms with E-state index in [0.717, 1.165) is 12.0 Å². The third kappa shape index (κ3) is 2.52. The molecule has 90 valence electrons. The van der Waals surface area contributed by atoms with E-state index < -0.39 is 17.3 Å². The number of carboxylic acids is 1. The van der Waals surface area contributed by atoms with Crippen LogP contribution in [0.5, 0.6) is 0 Å². The third-order valence-electron chi connectivity index (χ3n) is 3.28. The Morgan fingerprint density at radius 1 is 1.35 bits per heavy atom. The molecule has 0 radical (unpaired) electrons. The molecule has 3 heteroatoms. The van der Waals surface area contributed by atoms with Crippen LogP contribution in [0.1, 0.15) is 23.5 Å². The highest BCUT2D eigenvalue weighted by atomic mass is 35.5. The molecule has 0 amide bonds. The molecule has 3 unspecified atom stereocenters. The molecule has 3 atom stereocenters. The number of aryl methyl sites for hydroxylation is 1. The number of carboxylic acid groups (broad SMARTS) is 1. The molecular weight excluding hydrogens is 236 g/mol. The molecule has 1 aliphatic carbocycles. The summed E-state index contributed by atoms with van der Waals surface area (Å²) in [4.78, 5) is 11.3. The predicted octanol–water partition coefficient (Wildman–Crippen LogP) is 3.35. The highest BCUT2D eigenvalue weighted by Gasteiger charge is 2.35. The quantitative estimate of drug-likeness (QED) is 0.646. The van der Waals surface area contributed by atoms with Gasteiger partial charge in [-0.1, -0.05) is 42.0 Å². The molecule has 1 aliphatic rings. The van der Waals surface area contributed by atoms with E-state index >= 15 is 0 Å². The van der Waals surface area contributed by atoms with Crippen LogP contribution in [-0.2, 0) is 4.79 Å². The first-order valence-corrected chi connectivity index (χ1v) is 6.13. The van der Waals surface area contributed by atoms with Gasteiger partial charge in [0.2, 0.25) is 0 Å². The van der Waals surface area contributed by atoms with Gasteiger partial charge in [0.1, 0.15) is 0 Å². The average Bonchev–Trinajstić information content (AvgIpc) is 2.29. The SMILES string of the molecule is Cc1ccc(C2CC=CC(Cl)C2C(=O)O)cc1. The van der Waals surface area contributed by atoms with Gasteiger partial charge in [0.05, 0.1) is 11.3 Å². The number of hydrogen-bond donors (Lipinski definition) is 1. The second-order valence-electron chi connectivity index (χ2n) is 4.49. The van der Waals surface area contributed by atoms with Gasteiger partial charge in [-0.05, 0) is 18.9 Å². The number of allylic oxidation sites excluding steroid dienone is 2. The van der Waals surface area contributed by atoms with Crippen LogP contribution in [0.4, 0.5) is 0 Å². The smallest absolute Gasteiger partial charge is 0.308 e. The van der Waals surface area contributed by atoms with Gasteiger partial charge in [0.25, 0.3) is 0 Å². The summed E-state index contributed by atoms with van der Waals surface area (Å²) in [7, 11) is 0. The highest BCUT2D eigenvalue weighted by Crippen LogP contribution is 2.37. The summed E-state index contributed by atoms with van der Waals surface area (Å²) >= 11 is 6.09. The van der Waals surface area contributed by atoms with Gasteiger partial charge in [-0.3, -0.25) is 4.79 Å². The third-order valence-corrected chi connectivity index (χ3v) is 3.69. The number of aliphatic carboxylic acids is 1. The van der Waals surface area contributed by atoms with Gasteiger partial charge in [-0.15, -0.1) is 11.6 Å². The maximum Gasteiger partial charge on any atom is 0.308 e. The van der Waals surface area contributed by atoms with Gasteiger partial charge in [-0.2, -0.15) is 0 Å². The minimum atomic E-state index is -0.820. The van der Waals surface area contributed by atoms with Crippen molar-refractivity contribution in [3.63, 3.8) is 0 Å². The first-order chi connectivity index (χ1) is 8.09. The Morgan fingerprint density at radius 3 is 2.59 bits per heavy atom. The van der Waals surface area contributed by atoms with Crippen LogP contribution in [0, 0.1) is 12.8 Å². The lowest BCUT2D eigenvalue weighted by molar-refractivity contribution is -0.142. The van der Waals surface area contributed by atoms with Crippen molar-refractivity contribution in [3.05, 3.63) is 47.5 Å². The van der Waals surface area contributed by atoms with E-state index in [2.05, 4.69) is 0 Å². The van der Waals surface area contributed by atoms with Crippen LogP contribution in [-0.4, -0.2) is 16.5 Å². The molecule has 1 N–H and O–H groups in total. The Kier molecular flexibility index (Phi) is 3.53. The van der Waals surface area contributed by atoms with Crippen LogP contribution >= 0.6 is 11.6 Å². The minimum absolute atomic E-state index is 0.0272. The number of hydrogen-bond acceptors (Lipinski definition) is 1. The molecule has 2 nitrogen and oxygen atoms in total. The fraction of sp³-hybridized carbons (Fsp3) is 0.357. The molecule has 1 aromatic rings. The van der Waals surface area contributed by atoms with E-state index in [-0.39, 0.29) is 5.92 Å². The lowest BCUT2D eigenvalue weighted by Crippen LogP contribution is -2.31. The second kappa shape index (κ2) is 4.92. The summed E-state index contributed by atoms with van der Waals surface area (Å²) in [5, 5.41) is 8.85. The van der Waals surface area contributed by atoms with Crippen molar-refractivity contribution in [2.75, 3.05) is 0 Å². The number of alkyl halides is 1. The van der Waals surface area contributed by atoms with Gasteiger partial charge >= 0.3 is 5.97 Å². The highest BCUT2D eigenvalue weighted by molar-refractivity contribution is 6.23. The zero-order chi connectivity index (χ0) is 12.4. The molecular formula is C14H15ClO2. The molecule has 0 heterocycles. The van der Waals surface area contributed by atoms with Crippen molar-refractivity contribution in [1.82, 2.24) is 0 Å². The topological polar surface area (TPSA) is 37.3 Å². The Hall–Kier alpha value is -1.28. The molecule has 2 rings (SSSR count). The minimum Gasteiger partial charge on any atom is -0.481 e. The van der Waals surface area contributed by atoms with Crippen molar-refractivity contribution < 1.29 is 9.90 Å². The molecule has 0 fully saturated rings. The Balaban J connectivity index is 2.32. The molecule has 0 saturated heterocycles. The van der Waals surface area contributed by atoms with E-state index in [0.29, 0.717) is 0 Å². The fourth-order valence-corrected chi connectivity index (χ4v) is 2.70. The maximum absolute atomic E-state index is 11.3. The molecule has 0 saturated carbocycles. The van der Waals surface area contributed by atoms with E-state index in [9.17, 15) is 9.90 Å². The first kappa shape index (κ1) is 12.2. The average molecular weight is 251 g/mol. The maximum atomic E-state index is 11.3. The zero-order valence-corrected chi connectivity index (χ0v) is 10.4. The number of rotatable bonds is 2. The summed E-state index contributed by atoms with van der Waals surface area (Å²) in [6, 6.07) is 8.02. The largest absolute Gasteiger partial charge is 0.481 e. The monoisotopic (exact) mass is 250 g/mol. The summed E-state index contributed by atoms with van der Waals surface area (Å²) in [5.74, 6) is -1.38. The Morgan fingerprint density at radius 2 is 2.00 bits per heavy atom. The van der Waals surface area contributed by atoms with Crippen LogP contribution < -0.4 is 0 Å². The van der Waals surface area contributed by atoms with Crippen molar-refractivity contribution in [3.8, 4) is 0 Å². The molecule has 0 aliphatic heterocycles. The van der Waals surface area contributed by atoms with E-state index in [4.69, 9.17) is 11.6 Å². The number of benzene rings is 1. The van der Waals surface area contributed by atoms with Crippen LogP contribution in [0.25, 0.3) is 0 Å². The molecule has 0 bridgehead atoms. The van der Waals surface area contributed by atoms with Crippen LogP contribution in [0.3, 0.4) is 0 Å². The van der Waals surface area contributed by atoms with Crippen LogP contribution in [0.15, 0.2) is 36.4 Å². The summed E-state index contributed by atoms with van der Waals surface area (Å²) in [6.45, 7) is 2.02. The normalized spacial score (nSPS) is 28.0. The van der Waals surface area contributed by atoms with Gasteiger partial charge < -0.3 is 5.11 Å². The predicted molar refractivity (Wildman–Crippen MR) is 68.4 cm³/mol. The van der Waals surface area contributed by atoms with E-state index in [1.54, 1.807) is 6.08 Å². The summed E-state index contributed by atoms with van der Waals surface area (Å²) in [5.41, 5.74) is 2.23.